The average molecular weight is 673 g/mol. The molecule has 10 nitrogen and oxygen atoms in total. The second-order valence-corrected chi connectivity index (χ2v) is 12.6. The minimum absolute atomic E-state index is 0.116. The van der Waals surface area contributed by atoms with Gasteiger partial charge in [-0.15, -0.1) is 10.2 Å². The third-order valence-corrected chi connectivity index (χ3v) is 9.52. The van der Waals surface area contributed by atoms with Crippen molar-refractivity contribution in [3.63, 3.8) is 0 Å². The van der Waals surface area contributed by atoms with E-state index in [1.54, 1.807) is 43.3 Å². The first kappa shape index (κ1) is 30.1. The molecule has 0 saturated carbocycles. The van der Waals surface area contributed by atoms with Crippen LogP contribution >= 0.6 is 46.3 Å². The molecule has 2 aliphatic heterocycles. The fraction of sp³-hybridized carbons (Fsp3) is 0.200. The topological polar surface area (TPSA) is 131 Å². The maximum atomic E-state index is 13.6. The molecular weight excluding hydrogens is 649 g/mol. The van der Waals surface area contributed by atoms with Crippen LogP contribution in [0.5, 0.6) is 23.0 Å². The number of halogens is 2. The van der Waals surface area contributed by atoms with Crippen LogP contribution in [0, 0.1) is 0 Å². The summed E-state index contributed by atoms with van der Waals surface area (Å²) in [5, 5.41) is 31.5. The lowest BCUT2D eigenvalue weighted by molar-refractivity contribution is -0.132. The molecule has 4 aromatic rings. The lowest BCUT2D eigenvalue weighted by Crippen LogP contribution is -2.29. The summed E-state index contributed by atoms with van der Waals surface area (Å²) in [6.45, 7) is 2.75. The number of thioether (sulfide) groups is 1. The van der Waals surface area contributed by atoms with Gasteiger partial charge in [-0.05, 0) is 60.5 Å². The first-order valence-electron chi connectivity index (χ1n) is 13.3. The number of phenolic OH excluding ortho intramolecular Hbond substituents is 1. The minimum atomic E-state index is -1.11. The number of nitrogens with zero attached hydrogens (tertiary/aromatic N) is 3. The van der Waals surface area contributed by atoms with Crippen LogP contribution in [0.25, 0.3) is 5.76 Å². The molecule has 14 heteroatoms. The fourth-order valence-corrected chi connectivity index (χ4v) is 7.23. The van der Waals surface area contributed by atoms with Crippen molar-refractivity contribution in [2.75, 3.05) is 24.7 Å². The Hall–Kier alpha value is -3.97. The normalized spacial score (nSPS) is 17.2. The molecule has 2 N–H and O–H groups in total. The van der Waals surface area contributed by atoms with E-state index in [9.17, 15) is 19.8 Å². The molecule has 0 aliphatic carbocycles. The van der Waals surface area contributed by atoms with E-state index in [4.69, 9.17) is 37.4 Å². The van der Waals surface area contributed by atoms with Gasteiger partial charge in [0.2, 0.25) is 5.13 Å². The van der Waals surface area contributed by atoms with Crippen LogP contribution in [0.4, 0.5) is 5.13 Å². The third-order valence-electron chi connectivity index (χ3n) is 6.83. The van der Waals surface area contributed by atoms with Gasteiger partial charge in [0, 0.05) is 21.4 Å². The number of anilines is 1. The molecule has 0 radical (unpaired) electrons. The maximum Gasteiger partial charge on any atom is 0.301 e. The zero-order chi connectivity index (χ0) is 31.0. The molecule has 44 heavy (non-hydrogen) atoms. The van der Waals surface area contributed by atoms with E-state index in [-0.39, 0.29) is 34.4 Å². The molecule has 1 saturated heterocycles. The highest BCUT2D eigenvalue weighted by Gasteiger charge is 2.48. The largest absolute Gasteiger partial charge is 0.507 e. The number of benzene rings is 3. The van der Waals surface area contributed by atoms with Gasteiger partial charge in [-0.25, -0.2) is 0 Å². The van der Waals surface area contributed by atoms with Crippen molar-refractivity contribution >= 4 is 68.9 Å². The van der Waals surface area contributed by atoms with Crippen molar-refractivity contribution in [1.82, 2.24) is 10.2 Å². The molecule has 6 rings (SSSR count). The van der Waals surface area contributed by atoms with Gasteiger partial charge in [-0.1, -0.05) is 58.4 Å². The number of aliphatic hydroxyl groups is 1. The average Bonchev–Trinajstić information content (AvgIpc) is 3.59. The summed E-state index contributed by atoms with van der Waals surface area (Å²) in [5.74, 6) is -0.802. The van der Waals surface area contributed by atoms with Crippen molar-refractivity contribution in [3.05, 3.63) is 86.9 Å². The molecule has 1 atom stereocenters. The summed E-state index contributed by atoms with van der Waals surface area (Å²) in [5.41, 5.74) is 1.33. The summed E-state index contributed by atoms with van der Waals surface area (Å²) in [7, 11) is 0. The zero-order valence-electron chi connectivity index (χ0n) is 23.0. The van der Waals surface area contributed by atoms with Gasteiger partial charge >= 0.3 is 5.91 Å². The predicted octanol–water partition coefficient (Wildman–Crippen LogP) is 6.64. The lowest BCUT2D eigenvalue weighted by Gasteiger charge is -2.23. The van der Waals surface area contributed by atoms with Crippen LogP contribution in [0.1, 0.15) is 29.7 Å². The van der Waals surface area contributed by atoms with Crippen LogP contribution < -0.4 is 19.1 Å². The molecule has 0 spiro atoms. The highest BCUT2D eigenvalue weighted by atomic mass is 35.5. The predicted molar refractivity (Wildman–Crippen MR) is 167 cm³/mol. The summed E-state index contributed by atoms with van der Waals surface area (Å²) in [6, 6.07) is 13.3. The van der Waals surface area contributed by atoms with E-state index >= 15 is 0 Å². The van der Waals surface area contributed by atoms with Crippen molar-refractivity contribution in [2.45, 2.75) is 23.1 Å². The molecule has 1 aromatic heterocycles. The van der Waals surface area contributed by atoms with Crippen LogP contribution in [-0.4, -0.2) is 51.9 Å². The molecule has 1 amide bonds. The quantitative estimate of drug-likeness (QED) is 0.0691. The number of ketones is 1. The van der Waals surface area contributed by atoms with Crippen molar-refractivity contribution < 1.29 is 34.0 Å². The van der Waals surface area contributed by atoms with Gasteiger partial charge in [0.15, 0.2) is 27.3 Å². The number of Topliss-reactive ketones (excluding diaryl/α,β-unsaturated/α-hetero) is 1. The van der Waals surface area contributed by atoms with Crippen molar-refractivity contribution in [2.24, 2.45) is 0 Å². The van der Waals surface area contributed by atoms with E-state index in [0.29, 0.717) is 50.4 Å². The maximum absolute atomic E-state index is 13.6. The number of carbonyl (C=O) groups excluding carboxylic acids is 2. The van der Waals surface area contributed by atoms with Gasteiger partial charge in [0.25, 0.3) is 5.78 Å². The molecule has 1 unspecified atom stereocenters. The number of fused-ring (bicyclic) bond motifs is 1. The number of ether oxygens (including phenoxy) is 3. The molecule has 3 aromatic carbocycles. The third kappa shape index (κ3) is 5.77. The van der Waals surface area contributed by atoms with Crippen LogP contribution in [-0.2, 0) is 15.3 Å². The Labute approximate surface area is 269 Å². The molecule has 0 bridgehead atoms. The van der Waals surface area contributed by atoms with Gasteiger partial charge in [-0.2, -0.15) is 0 Å². The molecule has 1 fully saturated rings. The minimum Gasteiger partial charge on any atom is -0.507 e. The molecular formula is C30H23Cl2N3O7S2. The van der Waals surface area contributed by atoms with Crippen LogP contribution in [0.15, 0.2) is 64.5 Å². The summed E-state index contributed by atoms with van der Waals surface area (Å²) < 4.78 is 17.3. The highest BCUT2D eigenvalue weighted by molar-refractivity contribution is 8.00. The standard InChI is InChI=1S/C30H23Cl2N3O7S2/c1-2-40-22-11-15(4-7-20(22)36)25-24(26(37)16-5-8-21-23(12-16)42-10-9-41-21)27(38)28(39)35(25)29-33-34-30(44-29)43-14-17-3-6-18(31)13-19(17)32/h3-8,11-13,25,36-37H,2,9-10,14H2,1H3/b26-24+. The Kier molecular flexibility index (Phi) is 8.59. The van der Waals surface area contributed by atoms with E-state index < -0.39 is 23.5 Å². The Morgan fingerprint density at radius 1 is 1.07 bits per heavy atom. The first-order chi connectivity index (χ1) is 21.2. The number of carbonyl (C=O) groups is 2. The zero-order valence-corrected chi connectivity index (χ0v) is 26.1. The number of phenols is 1. The summed E-state index contributed by atoms with van der Waals surface area (Å²) in [6.07, 6.45) is 0. The Bertz CT molecular complexity index is 1810. The lowest BCUT2D eigenvalue weighted by atomic mass is 9.95. The second-order valence-electron chi connectivity index (χ2n) is 9.56. The van der Waals surface area contributed by atoms with Crippen molar-refractivity contribution in [1.29, 1.82) is 0 Å². The van der Waals surface area contributed by atoms with Gasteiger partial charge in [0.05, 0.1) is 18.2 Å². The van der Waals surface area contributed by atoms with Crippen LogP contribution in [0.3, 0.4) is 0 Å². The number of hydrogen-bond donors (Lipinski definition) is 2. The van der Waals surface area contributed by atoms with E-state index in [1.807, 2.05) is 6.07 Å². The summed E-state index contributed by atoms with van der Waals surface area (Å²) >= 11 is 14.8. The van der Waals surface area contributed by atoms with Crippen LogP contribution in [0.2, 0.25) is 10.0 Å². The Balaban J connectivity index is 1.41. The number of rotatable bonds is 8. The molecule has 226 valence electrons. The Morgan fingerprint density at radius 2 is 1.86 bits per heavy atom. The number of aliphatic hydroxyl groups excluding tert-OH is 1. The smallest absolute Gasteiger partial charge is 0.301 e. The monoisotopic (exact) mass is 671 g/mol. The molecule has 2 aliphatic rings. The number of aromatic nitrogens is 2. The number of hydrogen-bond acceptors (Lipinski definition) is 11. The fourth-order valence-electron chi connectivity index (χ4n) is 4.80. The van der Waals surface area contributed by atoms with E-state index in [2.05, 4.69) is 10.2 Å². The van der Waals surface area contributed by atoms with E-state index in [1.165, 1.54) is 28.8 Å². The second kappa shape index (κ2) is 12.6. The Morgan fingerprint density at radius 3 is 2.64 bits per heavy atom. The van der Waals surface area contributed by atoms with Gasteiger partial charge in [0.1, 0.15) is 19.0 Å². The first-order valence-corrected chi connectivity index (χ1v) is 15.9. The number of aromatic hydroxyl groups is 1. The van der Waals surface area contributed by atoms with Crippen molar-refractivity contribution in [3.8, 4) is 23.0 Å². The highest BCUT2D eigenvalue weighted by Crippen LogP contribution is 2.46. The number of amides is 1. The SMILES string of the molecule is CCOc1cc(C2/C(=C(\O)c3ccc4c(c3)OCCO4)C(=O)C(=O)N2c2nnc(SCc3ccc(Cl)cc3Cl)s2)ccc1O. The van der Waals surface area contributed by atoms with Gasteiger partial charge in [-0.3, -0.25) is 14.5 Å². The van der Waals surface area contributed by atoms with Gasteiger partial charge < -0.3 is 24.4 Å². The summed E-state index contributed by atoms with van der Waals surface area (Å²) in [4.78, 5) is 28.4. The molecule has 3 heterocycles. The van der Waals surface area contributed by atoms with E-state index in [0.717, 1.165) is 16.9 Å².